The topological polar surface area (TPSA) is 78.9 Å². The van der Waals surface area contributed by atoms with Crippen molar-refractivity contribution >= 4 is 17.9 Å². The van der Waals surface area contributed by atoms with E-state index in [0.29, 0.717) is 19.3 Å². The molecule has 0 spiro atoms. The molecular weight excluding hydrogens is 709 g/mol. The maximum Gasteiger partial charge on any atom is 0.306 e. The molecule has 0 rings (SSSR count). The van der Waals surface area contributed by atoms with Crippen LogP contribution in [-0.4, -0.2) is 37.2 Å². The zero-order valence-electron chi connectivity index (χ0n) is 37.3. The molecule has 0 radical (unpaired) electrons. The highest BCUT2D eigenvalue weighted by Gasteiger charge is 2.19. The average Bonchev–Trinajstić information content (AvgIpc) is 3.21. The van der Waals surface area contributed by atoms with Crippen molar-refractivity contribution in [2.45, 2.75) is 232 Å². The molecule has 0 amide bonds. The number of ether oxygens (including phenoxy) is 3. The Labute approximate surface area is 351 Å². The predicted molar refractivity (Wildman–Crippen MR) is 242 cm³/mol. The largest absolute Gasteiger partial charge is 0.462 e. The second-order valence-electron chi connectivity index (χ2n) is 15.7. The fourth-order valence-electron chi connectivity index (χ4n) is 6.40. The molecule has 328 valence electrons. The summed E-state index contributed by atoms with van der Waals surface area (Å²) in [6.45, 7) is 6.43. The van der Waals surface area contributed by atoms with Crippen LogP contribution in [0.4, 0.5) is 0 Å². The van der Waals surface area contributed by atoms with Gasteiger partial charge in [-0.15, -0.1) is 0 Å². The van der Waals surface area contributed by atoms with Crippen LogP contribution in [-0.2, 0) is 28.6 Å². The lowest BCUT2D eigenvalue weighted by molar-refractivity contribution is -0.167. The van der Waals surface area contributed by atoms with Gasteiger partial charge in [-0.05, 0) is 96.3 Å². The van der Waals surface area contributed by atoms with E-state index in [-0.39, 0.29) is 31.1 Å². The van der Waals surface area contributed by atoms with Crippen LogP contribution in [0, 0.1) is 0 Å². The van der Waals surface area contributed by atoms with Crippen LogP contribution in [0.1, 0.15) is 226 Å². The van der Waals surface area contributed by atoms with E-state index in [2.05, 4.69) is 81.5 Å². The minimum absolute atomic E-state index is 0.105. The van der Waals surface area contributed by atoms with E-state index >= 15 is 0 Å². The summed E-state index contributed by atoms with van der Waals surface area (Å²) in [5, 5.41) is 0. The van der Waals surface area contributed by atoms with Crippen LogP contribution in [0.3, 0.4) is 0 Å². The molecule has 0 aliphatic carbocycles. The number of allylic oxidation sites excluding steroid dienone is 10. The smallest absolute Gasteiger partial charge is 0.306 e. The van der Waals surface area contributed by atoms with Gasteiger partial charge in [-0.2, -0.15) is 0 Å². The Balaban J connectivity index is 4.43. The molecule has 0 aromatic heterocycles. The summed E-state index contributed by atoms with van der Waals surface area (Å²) in [6, 6.07) is 0. The highest BCUT2D eigenvalue weighted by atomic mass is 16.6. The Morgan fingerprint density at radius 1 is 0.386 bits per heavy atom. The molecule has 0 bridgehead atoms. The zero-order valence-corrected chi connectivity index (χ0v) is 37.3. The molecule has 6 heteroatoms. The minimum Gasteiger partial charge on any atom is -0.462 e. The Morgan fingerprint density at radius 3 is 1.21 bits per heavy atom. The van der Waals surface area contributed by atoms with Crippen LogP contribution in [0.5, 0.6) is 0 Å². The normalized spacial score (nSPS) is 12.5. The van der Waals surface area contributed by atoms with Crippen molar-refractivity contribution in [3.63, 3.8) is 0 Å². The third kappa shape index (κ3) is 44.1. The highest BCUT2D eigenvalue weighted by molar-refractivity contribution is 5.71. The first-order valence-electron chi connectivity index (χ1n) is 23.8. The molecule has 1 unspecified atom stereocenters. The first-order chi connectivity index (χ1) is 28.0. The molecule has 0 aliphatic rings. The summed E-state index contributed by atoms with van der Waals surface area (Å²) >= 11 is 0. The average molecular weight is 797 g/mol. The summed E-state index contributed by atoms with van der Waals surface area (Å²) < 4.78 is 16.6. The maximum absolute atomic E-state index is 12.7. The molecule has 0 fully saturated rings. The van der Waals surface area contributed by atoms with E-state index in [1.165, 1.54) is 89.9 Å². The summed E-state index contributed by atoms with van der Waals surface area (Å²) in [6.07, 6.45) is 55.0. The Morgan fingerprint density at radius 2 is 0.737 bits per heavy atom. The van der Waals surface area contributed by atoms with E-state index in [9.17, 15) is 14.4 Å². The summed E-state index contributed by atoms with van der Waals surface area (Å²) in [5.74, 6) is -0.984. The lowest BCUT2D eigenvalue weighted by Gasteiger charge is -2.18. The van der Waals surface area contributed by atoms with Gasteiger partial charge in [0.1, 0.15) is 13.2 Å². The summed E-state index contributed by atoms with van der Waals surface area (Å²) in [5.41, 5.74) is 0. The monoisotopic (exact) mass is 797 g/mol. The van der Waals surface area contributed by atoms with Crippen molar-refractivity contribution in [2.24, 2.45) is 0 Å². The second-order valence-corrected chi connectivity index (χ2v) is 15.7. The van der Waals surface area contributed by atoms with Crippen molar-refractivity contribution in [3.05, 3.63) is 60.8 Å². The standard InChI is InChI=1S/C51H88O6/c1-4-7-10-13-16-19-21-23-25-26-28-29-32-35-38-41-44-50(53)56-47-48(46-55-49(52)43-40-37-34-31-18-15-12-9-6-3)57-51(54)45-42-39-36-33-30-27-24-22-20-17-14-11-8-5-2/h9,12,18,25-31,48H,4-8,10-11,13-17,19-24,32-47H2,1-3H3/b12-9-,26-25-,29-28-,30-27-,31-18-. The summed E-state index contributed by atoms with van der Waals surface area (Å²) in [7, 11) is 0. The van der Waals surface area contributed by atoms with Gasteiger partial charge in [-0.3, -0.25) is 14.4 Å². The highest BCUT2D eigenvalue weighted by Crippen LogP contribution is 2.13. The van der Waals surface area contributed by atoms with Gasteiger partial charge in [0.2, 0.25) is 0 Å². The van der Waals surface area contributed by atoms with Crippen LogP contribution in [0.15, 0.2) is 60.8 Å². The van der Waals surface area contributed by atoms with Gasteiger partial charge < -0.3 is 14.2 Å². The number of carbonyl (C=O) groups excluding carboxylic acids is 3. The Kier molecular flexibility index (Phi) is 43.5. The molecule has 57 heavy (non-hydrogen) atoms. The lowest BCUT2D eigenvalue weighted by atomic mass is 10.1. The minimum atomic E-state index is -0.803. The van der Waals surface area contributed by atoms with Gasteiger partial charge in [0.05, 0.1) is 0 Å². The zero-order chi connectivity index (χ0) is 41.5. The third-order valence-corrected chi connectivity index (χ3v) is 10.0. The Bertz CT molecular complexity index is 1050. The molecule has 0 N–H and O–H groups in total. The number of carbonyl (C=O) groups is 3. The number of unbranched alkanes of at least 4 members (excludes halogenated alkanes) is 22. The quantitative estimate of drug-likeness (QED) is 0.0201. The molecule has 0 saturated heterocycles. The SMILES string of the molecule is CC/C=C\C/C=C\CCCCC(=O)OCC(COC(=O)CCCCC/C=C\C=C/CCCCCCCCC)OC(=O)CCCCC/C=C\CCCCCCCCC. The molecule has 1 atom stereocenters. The second kappa shape index (κ2) is 45.8. The molecule has 0 heterocycles. The number of esters is 3. The van der Waals surface area contributed by atoms with Crippen LogP contribution >= 0.6 is 0 Å². The predicted octanol–water partition coefficient (Wildman–Crippen LogP) is 15.3. The number of hydrogen-bond donors (Lipinski definition) is 0. The van der Waals surface area contributed by atoms with E-state index < -0.39 is 6.10 Å². The van der Waals surface area contributed by atoms with Gasteiger partial charge in [0.25, 0.3) is 0 Å². The van der Waals surface area contributed by atoms with Crippen molar-refractivity contribution in [3.8, 4) is 0 Å². The van der Waals surface area contributed by atoms with E-state index in [1.807, 2.05) is 0 Å². The first kappa shape index (κ1) is 54.1. The van der Waals surface area contributed by atoms with Crippen molar-refractivity contribution in [2.75, 3.05) is 13.2 Å². The third-order valence-electron chi connectivity index (χ3n) is 10.0. The number of hydrogen-bond acceptors (Lipinski definition) is 6. The Hall–Kier alpha value is -2.89. The van der Waals surface area contributed by atoms with Gasteiger partial charge in [0, 0.05) is 19.3 Å². The molecule has 0 aliphatic heterocycles. The maximum atomic E-state index is 12.7. The molecule has 6 nitrogen and oxygen atoms in total. The van der Waals surface area contributed by atoms with E-state index in [0.717, 1.165) is 96.3 Å². The lowest BCUT2D eigenvalue weighted by Crippen LogP contribution is -2.30. The fraction of sp³-hybridized carbons (Fsp3) is 0.745. The molecule has 0 aromatic carbocycles. The van der Waals surface area contributed by atoms with Gasteiger partial charge >= 0.3 is 17.9 Å². The van der Waals surface area contributed by atoms with Crippen molar-refractivity contribution in [1.82, 2.24) is 0 Å². The van der Waals surface area contributed by atoms with Crippen LogP contribution in [0.2, 0.25) is 0 Å². The number of rotatable bonds is 42. The van der Waals surface area contributed by atoms with E-state index in [1.54, 1.807) is 0 Å². The van der Waals surface area contributed by atoms with Gasteiger partial charge in [0.15, 0.2) is 6.10 Å². The first-order valence-corrected chi connectivity index (χ1v) is 23.8. The van der Waals surface area contributed by atoms with Gasteiger partial charge in [-0.25, -0.2) is 0 Å². The van der Waals surface area contributed by atoms with E-state index in [4.69, 9.17) is 14.2 Å². The van der Waals surface area contributed by atoms with Crippen molar-refractivity contribution < 1.29 is 28.6 Å². The summed E-state index contributed by atoms with van der Waals surface area (Å²) in [4.78, 5) is 37.7. The van der Waals surface area contributed by atoms with Crippen LogP contribution < -0.4 is 0 Å². The van der Waals surface area contributed by atoms with Gasteiger partial charge in [-0.1, -0.05) is 171 Å². The molecular formula is C51H88O6. The molecule has 0 aromatic rings. The fourth-order valence-corrected chi connectivity index (χ4v) is 6.40. The molecule has 0 saturated carbocycles. The van der Waals surface area contributed by atoms with Crippen molar-refractivity contribution in [1.29, 1.82) is 0 Å². The van der Waals surface area contributed by atoms with Crippen LogP contribution in [0.25, 0.3) is 0 Å².